The standard InChI is InChI=1S/C24H30N4O3S/c1-17(2)16-28-19(4)23(18(3)26-28)15-24(29)25-20-10-9-13-22(14-20)32(30,31)27(5)21-11-7-6-8-12-21/h6-14,17H,15-16H2,1-5H3,(H,25,29). The SMILES string of the molecule is Cc1nn(CC(C)C)c(C)c1CC(=O)Nc1cccc(S(=O)(=O)N(C)c2ccccc2)c1. The molecule has 0 saturated carbocycles. The fourth-order valence-electron chi connectivity index (χ4n) is 3.55. The van der Waals surface area contributed by atoms with Gasteiger partial charge < -0.3 is 5.32 Å². The molecule has 0 fully saturated rings. The molecule has 1 amide bonds. The molecule has 0 unspecified atom stereocenters. The van der Waals surface area contributed by atoms with Gasteiger partial charge >= 0.3 is 0 Å². The van der Waals surface area contributed by atoms with Gasteiger partial charge in [-0.15, -0.1) is 0 Å². The van der Waals surface area contributed by atoms with Crippen LogP contribution < -0.4 is 9.62 Å². The fraction of sp³-hybridized carbons (Fsp3) is 0.333. The van der Waals surface area contributed by atoms with Crippen molar-refractivity contribution in [3.8, 4) is 0 Å². The van der Waals surface area contributed by atoms with E-state index >= 15 is 0 Å². The van der Waals surface area contributed by atoms with E-state index in [1.807, 2.05) is 24.6 Å². The van der Waals surface area contributed by atoms with E-state index in [2.05, 4.69) is 24.3 Å². The molecule has 0 spiro atoms. The number of amides is 1. The van der Waals surface area contributed by atoms with Crippen LogP contribution in [-0.4, -0.2) is 31.2 Å². The van der Waals surface area contributed by atoms with Crippen LogP contribution in [0, 0.1) is 19.8 Å². The molecule has 0 atom stereocenters. The summed E-state index contributed by atoms with van der Waals surface area (Å²) in [6, 6.07) is 15.2. The molecular formula is C24H30N4O3S. The number of carbonyl (C=O) groups excluding carboxylic acids is 1. The Hall–Kier alpha value is -3.13. The van der Waals surface area contributed by atoms with E-state index in [4.69, 9.17) is 0 Å². The molecule has 1 aromatic heterocycles. The van der Waals surface area contributed by atoms with E-state index in [-0.39, 0.29) is 17.2 Å². The number of carbonyl (C=O) groups is 1. The van der Waals surface area contributed by atoms with Crippen LogP contribution in [0.4, 0.5) is 11.4 Å². The number of anilines is 2. The first kappa shape index (κ1) is 23.5. The summed E-state index contributed by atoms with van der Waals surface area (Å²) in [5.41, 5.74) is 3.70. The minimum Gasteiger partial charge on any atom is -0.326 e. The third-order valence-electron chi connectivity index (χ3n) is 5.30. The Morgan fingerprint density at radius 1 is 1.09 bits per heavy atom. The largest absolute Gasteiger partial charge is 0.326 e. The van der Waals surface area contributed by atoms with Crippen LogP contribution >= 0.6 is 0 Å². The summed E-state index contributed by atoms with van der Waals surface area (Å²) in [4.78, 5) is 12.8. The van der Waals surface area contributed by atoms with Crippen LogP contribution in [0.15, 0.2) is 59.5 Å². The Bertz CT molecular complexity index is 1200. The number of hydrogen-bond donors (Lipinski definition) is 1. The summed E-state index contributed by atoms with van der Waals surface area (Å²) >= 11 is 0. The molecule has 8 heteroatoms. The lowest BCUT2D eigenvalue weighted by Crippen LogP contribution is -2.26. The zero-order chi connectivity index (χ0) is 23.5. The van der Waals surface area contributed by atoms with Gasteiger partial charge in [0.05, 0.1) is 22.7 Å². The van der Waals surface area contributed by atoms with Crippen molar-refractivity contribution in [1.29, 1.82) is 0 Å². The number of aryl methyl sites for hydroxylation is 1. The van der Waals surface area contributed by atoms with Gasteiger partial charge in [0.15, 0.2) is 0 Å². The topological polar surface area (TPSA) is 84.3 Å². The molecule has 0 aliphatic rings. The summed E-state index contributed by atoms with van der Waals surface area (Å²) in [6.07, 6.45) is 0.177. The minimum absolute atomic E-state index is 0.110. The van der Waals surface area contributed by atoms with E-state index in [9.17, 15) is 13.2 Å². The fourth-order valence-corrected chi connectivity index (χ4v) is 4.79. The third kappa shape index (κ3) is 5.19. The molecule has 0 radical (unpaired) electrons. The first-order valence-corrected chi connectivity index (χ1v) is 12.0. The molecule has 1 N–H and O–H groups in total. The van der Waals surface area contributed by atoms with Crippen molar-refractivity contribution in [2.45, 2.75) is 45.6 Å². The Labute approximate surface area is 190 Å². The molecule has 32 heavy (non-hydrogen) atoms. The van der Waals surface area contributed by atoms with Crippen molar-refractivity contribution in [3.63, 3.8) is 0 Å². The van der Waals surface area contributed by atoms with E-state index in [0.29, 0.717) is 17.3 Å². The normalized spacial score (nSPS) is 11.6. The molecule has 3 rings (SSSR count). The van der Waals surface area contributed by atoms with Crippen molar-refractivity contribution in [1.82, 2.24) is 9.78 Å². The average molecular weight is 455 g/mol. The number of hydrogen-bond acceptors (Lipinski definition) is 4. The predicted molar refractivity (Wildman–Crippen MR) is 127 cm³/mol. The minimum atomic E-state index is -3.76. The molecule has 1 heterocycles. The van der Waals surface area contributed by atoms with E-state index in [1.165, 1.54) is 23.5 Å². The van der Waals surface area contributed by atoms with Gasteiger partial charge in [-0.05, 0) is 50.1 Å². The summed E-state index contributed by atoms with van der Waals surface area (Å²) in [5, 5.41) is 7.38. The summed E-state index contributed by atoms with van der Waals surface area (Å²) in [6.45, 7) is 8.91. The smallest absolute Gasteiger partial charge is 0.264 e. The van der Waals surface area contributed by atoms with Crippen molar-refractivity contribution < 1.29 is 13.2 Å². The predicted octanol–water partition coefficient (Wildman–Crippen LogP) is 4.16. The van der Waals surface area contributed by atoms with Crippen LogP contribution in [0.5, 0.6) is 0 Å². The van der Waals surface area contributed by atoms with Crippen LogP contribution in [0.1, 0.15) is 30.8 Å². The van der Waals surface area contributed by atoms with E-state index in [0.717, 1.165) is 23.5 Å². The Balaban J connectivity index is 1.77. The van der Waals surface area contributed by atoms with Gasteiger partial charge in [-0.2, -0.15) is 5.10 Å². The lowest BCUT2D eigenvalue weighted by Gasteiger charge is -2.20. The number of para-hydroxylation sites is 1. The van der Waals surface area contributed by atoms with Crippen LogP contribution in [-0.2, 0) is 27.8 Å². The van der Waals surface area contributed by atoms with Gasteiger partial charge in [-0.3, -0.25) is 13.8 Å². The summed E-state index contributed by atoms with van der Waals surface area (Å²) in [7, 11) is -2.25. The van der Waals surface area contributed by atoms with Crippen molar-refractivity contribution >= 4 is 27.3 Å². The number of aromatic nitrogens is 2. The number of nitrogens with one attached hydrogen (secondary N) is 1. The van der Waals surface area contributed by atoms with Crippen molar-refractivity contribution in [2.75, 3.05) is 16.7 Å². The quantitative estimate of drug-likeness (QED) is 0.554. The van der Waals surface area contributed by atoms with Crippen molar-refractivity contribution in [2.24, 2.45) is 5.92 Å². The summed E-state index contributed by atoms with van der Waals surface area (Å²) < 4.78 is 29.3. The van der Waals surface area contributed by atoms with Crippen molar-refractivity contribution in [3.05, 3.63) is 71.5 Å². The maximum atomic E-state index is 13.0. The summed E-state index contributed by atoms with van der Waals surface area (Å²) in [5.74, 6) is 0.236. The second kappa shape index (κ2) is 9.56. The van der Waals surface area contributed by atoms with Crippen LogP contribution in [0.3, 0.4) is 0 Å². The molecule has 170 valence electrons. The van der Waals surface area contributed by atoms with Crippen LogP contribution in [0.2, 0.25) is 0 Å². The third-order valence-corrected chi connectivity index (χ3v) is 7.08. The lowest BCUT2D eigenvalue weighted by molar-refractivity contribution is -0.115. The highest BCUT2D eigenvalue weighted by atomic mass is 32.2. The van der Waals surface area contributed by atoms with Gasteiger partial charge in [-0.1, -0.05) is 38.1 Å². The maximum Gasteiger partial charge on any atom is 0.264 e. The first-order valence-electron chi connectivity index (χ1n) is 10.6. The van der Waals surface area contributed by atoms with Gasteiger partial charge in [0.25, 0.3) is 10.0 Å². The molecule has 0 aliphatic heterocycles. The van der Waals surface area contributed by atoms with Gasteiger partial charge in [0.1, 0.15) is 0 Å². The van der Waals surface area contributed by atoms with E-state index in [1.54, 1.807) is 36.4 Å². The molecule has 0 bridgehead atoms. The van der Waals surface area contributed by atoms with Gasteiger partial charge in [-0.25, -0.2) is 8.42 Å². The highest BCUT2D eigenvalue weighted by Crippen LogP contribution is 2.24. The highest BCUT2D eigenvalue weighted by molar-refractivity contribution is 7.92. The second-order valence-corrected chi connectivity index (χ2v) is 10.3. The monoisotopic (exact) mass is 454 g/mol. The highest BCUT2D eigenvalue weighted by Gasteiger charge is 2.22. The second-order valence-electron chi connectivity index (χ2n) is 8.29. The Kier molecular flexibility index (Phi) is 7.03. The first-order chi connectivity index (χ1) is 15.1. The van der Waals surface area contributed by atoms with Gasteiger partial charge in [0, 0.05) is 30.5 Å². The van der Waals surface area contributed by atoms with Crippen LogP contribution in [0.25, 0.3) is 0 Å². The zero-order valence-corrected chi connectivity index (χ0v) is 20.0. The number of benzene rings is 2. The molecule has 2 aromatic carbocycles. The molecule has 7 nitrogen and oxygen atoms in total. The molecular weight excluding hydrogens is 424 g/mol. The Morgan fingerprint density at radius 2 is 1.78 bits per heavy atom. The lowest BCUT2D eigenvalue weighted by atomic mass is 10.1. The Morgan fingerprint density at radius 3 is 2.44 bits per heavy atom. The molecule has 0 aliphatic carbocycles. The van der Waals surface area contributed by atoms with E-state index < -0.39 is 10.0 Å². The number of nitrogens with zero attached hydrogens (tertiary/aromatic N) is 3. The number of rotatable bonds is 8. The number of sulfonamides is 1. The molecule has 3 aromatic rings. The zero-order valence-electron chi connectivity index (χ0n) is 19.2. The molecule has 0 saturated heterocycles. The average Bonchev–Trinajstić information content (AvgIpc) is 3.00. The van der Waals surface area contributed by atoms with Gasteiger partial charge in [0.2, 0.25) is 5.91 Å². The maximum absolute atomic E-state index is 13.0.